The number of ether oxygens (including phenoxy) is 1. The van der Waals surface area contributed by atoms with E-state index in [9.17, 15) is 4.79 Å². The van der Waals surface area contributed by atoms with Crippen molar-refractivity contribution < 1.29 is 9.53 Å². The minimum absolute atomic E-state index is 0.0829. The molecule has 1 fully saturated rings. The number of anilines is 1. The molecule has 0 saturated heterocycles. The molecule has 2 aromatic rings. The fraction of sp³-hybridized carbons (Fsp3) is 0.400. The zero-order chi connectivity index (χ0) is 15.5. The zero-order valence-corrected chi connectivity index (χ0v) is 14.0. The quantitative estimate of drug-likeness (QED) is 0.617. The fourth-order valence-electron chi connectivity index (χ4n) is 1.91. The van der Waals surface area contributed by atoms with Crippen LogP contribution in [0.5, 0.6) is 5.75 Å². The average molecular weight is 335 g/mol. The first-order valence-corrected chi connectivity index (χ1v) is 8.80. The Balaban J connectivity index is 1.60. The number of nitrogens with one attached hydrogen (secondary N) is 1. The maximum absolute atomic E-state index is 12.4. The van der Waals surface area contributed by atoms with Gasteiger partial charge in [-0.2, -0.15) is 0 Å². The molecule has 0 unspecified atom stereocenters. The Morgan fingerprint density at radius 2 is 2.09 bits per heavy atom. The van der Waals surface area contributed by atoms with Crippen molar-refractivity contribution >= 4 is 34.0 Å². The van der Waals surface area contributed by atoms with Gasteiger partial charge >= 0.3 is 0 Å². The number of hydrogen-bond donors (Lipinski definition) is 1. The van der Waals surface area contributed by atoms with E-state index in [-0.39, 0.29) is 11.0 Å². The van der Waals surface area contributed by atoms with Crippen LogP contribution in [0.4, 0.5) is 5.13 Å². The molecular formula is C15H17N3O2S2. The van der Waals surface area contributed by atoms with Crippen LogP contribution in [0.2, 0.25) is 0 Å². The first-order valence-electron chi connectivity index (χ1n) is 7.10. The zero-order valence-electron chi connectivity index (χ0n) is 12.4. The van der Waals surface area contributed by atoms with Crippen LogP contribution in [0, 0.1) is 0 Å². The average Bonchev–Trinajstić information content (AvgIpc) is 3.25. The molecule has 1 heterocycles. The van der Waals surface area contributed by atoms with Crippen molar-refractivity contribution in [2.75, 3.05) is 12.4 Å². The highest BCUT2D eigenvalue weighted by Crippen LogP contribution is 2.33. The number of aromatic nitrogens is 2. The topological polar surface area (TPSA) is 64.1 Å². The number of ketones is 1. The molecular weight excluding hydrogens is 318 g/mol. The Hall–Kier alpha value is -1.60. The van der Waals surface area contributed by atoms with Crippen LogP contribution in [-0.4, -0.2) is 34.4 Å². The minimum Gasteiger partial charge on any atom is -0.497 e. The molecule has 5 nitrogen and oxygen atoms in total. The molecule has 116 valence electrons. The summed E-state index contributed by atoms with van der Waals surface area (Å²) in [5, 5.41) is 12.2. The molecule has 1 saturated carbocycles. The van der Waals surface area contributed by atoms with E-state index in [4.69, 9.17) is 4.74 Å². The second kappa shape index (κ2) is 6.66. The van der Waals surface area contributed by atoms with Gasteiger partial charge < -0.3 is 10.1 Å². The van der Waals surface area contributed by atoms with E-state index in [2.05, 4.69) is 15.5 Å². The number of thioether (sulfide) groups is 1. The first-order chi connectivity index (χ1) is 10.7. The molecule has 1 N–H and O–H groups in total. The largest absolute Gasteiger partial charge is 0.497 e. The van der Waals surface area contributed by atoms with Gasteiger partial charge in [0.2, 0.25) is 5.13 Å². The summed E-state index contributed by atoms with van der Waals surface area (Å²) in [6, 6.07) is 7.74. The van der Waals surface area contributed by atoms with E-state index in [1.807, 2.05) is 6.92 Å². The van der Waals surface area contributed by atoms with E-state index in [0.29, 0.717) is 11.6 Å². The summed E-state index contributed by atoms with van der Waals surface area (Å²) in [7, 11) is 1.61. The Bertz CT molecular complexity index is 653. The highest BCUT2D eigenvalue weighted by atomic mass is 32.2. The van der Waals surface area contributed by atoms with Crippen molar-refractivity contribution in [3.05, 3.63) is 29.8 Å². The van der Waals surface area contributed by atoms with Crippen molar-refractivity contribution in [1.29, 1.82) is 0 Å². The number of methoxy groups -OCH3 is 1. The number of benzene rings is 1. The third kappa shape index (κ3) is 3.78. The van der Waals surface area contributed by atoms with Gasteiger partial charge in [0.25, 0.3) is 0 Å². The predicted molar refractivity (Wildman–Crippen MR) is 89.2 cm³/mol. The van der Waals surface area contributed by atoms with Gasteiger partial charge in [-0.05, 0) is 44.0 Å². The number of carbonyl (C=O) groups excluding carboxylic acids is 1. The van der Waals surface area contributed by atoms with E-state index in [0.717, 1.165) is 15.2 Å². The molecule has 1 aliphatic rings. The van der Waals surface area contributed by atoms with E-state index >= 15 is 0 Å². The van der Waals surface area contributed by atoms with Crippen molar-refractivity contribution in [3.8, 4) is 5.75 Å². The van der Waals surface area contributed by atoms with Gasteiger partial charge in [-0.15, -0.1) is 10.2 Å². The van der Waals surface area contributed by atoms with Gasteiger partial charge in [-0.3, -0.25) is 4.79 Å². The molecule has 1 aromatic carbocycles. The van der Waals surface area contributed by atoms with Gasteiger partial charge in [0.05, 0.1) is 12.4 Å². The van der Waals surface area contributed by atoms with Gasteiger partial charge in [0.1, 0.15) is 5.75 Å². The monoisotopic (exact) mass is 335 g/mol. The molecule has 1 atom stereocenters. The molecule has 0 aliphatic heterocycles. The van der Waals surface area contributed by atoms with Crippen molar-refractivity contribution in [3.63, 3.8) is 0 Å². The van der Waals surface area contributed by atoms with Gasteiger partial charge in [-0.1, -0.05) is 23.1 Å². The third-order valence-electron chi connectivity index (χ3n) is 3.33. The lowest BCUT2D eigenvalue weighted by Gasteiger charge is -2.08. The summed E-state index contributed by atoms with van der Waals surface area (Å²) >= 11 is 2.95. The summed E-state index contributed by atoms with van der Waals surface area (Å²) in [5.41, 5.74) is 0.682. The summed E-state index contributed by atoms with van der Waals surface area (Å²) in [4.78, 5) is 12.4. The predicted octanol–water partition coefficient (Wildman–Crippen LogP) is 3.48. The van der Waals surface area contributed by atoms with Crippen molar-refractivity contribution in [2.24, 2.45) is 0 Å². The molecule has 7 heteroatoms. The normalized spacial score (nSPS) is 15.4. The summed E-state index contributed by atoms with van der Waals surface area (Å²) in [5.74, 6) is 0.830. The maximum Gasteiger partial charge on any atom is 0.206 e. The highest BCUT2D eigenvalue weighted by molar-refractivity contribution is 8.02. The number of nitrogens with zero attached hydrogens (tertiary/aromatic N) is 2. The molecule has 0 spiro atoms. The van der Waals surface area contributed by atoms with Crippen LogP contribution in [0.3, 0.4) is 0 Å². The molecule has 0 radical (unpaired) electrons. The number of Topliss-reactive ketones (excluding diaryl/α,β-unsaturated/α-hetero) is 1. The number of carbonyl (C=O) groups is 1. The fourth-order valence-corrected chi connectivity index (χ4v) is 3.96. The van der Waals surface area contributed by atoms with Crippen LogP contribution in [-0.2, 0) is 0 Å². The van der Waals surface area contributed by atoms with E-state index in [1.54, 1.807) is 31.4 Å². The first kappa shape index (κ1) is 15.3. The summed E-state index contributed by atoms with van der Waals surface area (Å²) in [6.45, 7) is 1.90. The summed E-state index contributed by atoms with van der Waals surface area (Å²) < 4.78 is 5.92. The third-order valence-corrected chi connectivity index (χ3v) is 5.37. The lowest BCUT2D eigenvalue weighted by atomic mass is 10.1. The van der Waals surface area contributed by atoms with E-state index < -0.39 is 0 Å². The van der Waals surface area contributed by atoms with Crippen LogP contribution in [0.1, 0.15) is 30.1 Å². The Morgan fingerprint density at radius 3 is 2.73 bits per heavy atom. The lowest BCUT2D eigenvalue weighted by Crippen LogP contribution is -2.13. The summed E-state index contributed by atoms with van der Waals surface area (Å²) in [6.07, 6.45) is 2.41. The molecule has 22 heavy (non-hydrogen) atoms. The SMILES string of the molecule is COc1ccc(C(=O)[C@H](C)Sc2nnc(NC3CC3)s2)cc1. The van der Waals surface area contributed by atoms with Crippen LogP contribution < -0.4 is 10.1 Å². The Morgan fingerprint density at radius 1 is 1.36 bits per heavy atom. The van der Waals surface area contributed by atoms with Gasteiger partial charge in [0.15, 0.2) is 10.1 Å². The van der Waals surface area contributed by atoms with Crippen molar-refractivity contribution in [1.82, 2.24) is 10.2 Å². The Labute approximate surface area is 137 Å². The Kier molecular flexibility index (Phi) is 4.63. The van der Waals surface area contributed by atoms with Crippen molar-refractivity contribution in [2.45, 2.75) is 35.4 Å². The van der Waals surface area contributed by atoms with Crippen LogP contribution in [0.25, 0.3) is 0 Å². The second-order valence-corrected chi connectivity index (χ2v) is 7.71. The molecule has 1 aromatic heterocycles. The molecule has 1 aliphatic carbocycles. The smallest absolute Gasteiger partial charge is 0.206 e. The van der Waals surface area contributed by atoms with Gasteiger partial charge in [0, 0.05) is 11.6 Å². The molecule has 3 rings (SSSR count). The number of rotatable bonds is 7. The molecule has 0 bridgehead atoms. The van der Waals surface area contributed by atoms with Crippen LogP contribution in [0.15, 0.2) is 28.6 Å². The standard InChI is InChI=1S/C15H17N3O2S2/c1-9(13(19)10-3-7-12(20-2)8-4-10)21-15-18-17-14(22-15)16-11-5-6-11/h3-4,7-9,11H,5-6H2,1-2H3,(H,16,17)/t9-/m0/s1. The van der Waals surface area contributed by atoms with Crippen LogP contribution >= 0.6 is 23.1 Å². The lowest BCUT2D eigenvalue weighted by molar-refractivity contribution is 0.0994. The highest BCUT2D eigenvalue weighted by Gasteiger charge is 2.23. The minimum atomic E-state index is -0.199. The maximum atomic E-state index is 12.4. The van der Waals surface area contributed by atoms with E-state index in [1.165, 1.54) is 35.9 Å². The van der Waals surface area contributed by atoms with Gasteiger partial charge in [-0.25, -0.2) is 0 Å². The number of hydrogen-bond acceptors (Lipinski definition) is 7. The molecule has 0 amide bonds. The second-order valence-electron chi connectivity index (χ2n) is 5.14.